The van der Waals surface area contributed by atoms with E-state index in [1.54, 1.807) is 12.1 Å². The molecule has 24 heavy (non-hydrogen) atoms. The van der Waals surface area contributed by atoms with Crippen molar-refractivity contribution in [3.8, 4) is 6.07 Å². The Labute approximate surface area is 139 Å². The summed E-state index contributed by atoms with van der Waals surface area (Å²) < 4.78 is 0. The molecule has 1 fully saturated rings. The average Bonchev–Trinajstić information content (AvgIpc) is 2.60. The summed E-state index contributed by atoms with van der Waals surface area (Å²) in [5.74, 6) is 0.997. The van der Waals surface area contributed by atoms with Crippen molar-refractivity contribution < 1.29 is 10.0 Å². The van der Waals surface area contributed by atoms with Crippen LogP contribution in [-0.4, -0.2) is 34.2 Å². The molecule has 0 bridgehead atoms. The molecule has 0 saturated carbocycles. The van der Waals surface area contributed by atoms with E-state index in [4.69, 9.17) is 0 Å². The van der Waals surface area contributed by atoms with E-state index in [0.717, 1.165) is 25.9 Å². The number of pyridine rings is 1. The minimum atomic E-state index is -0.477. The molecule has 1 aromatic heterocycles. The maximum Gasteiger partial charge on any atom is 0.270 e. The highest BCUT2D eigenvalue weighted by Gasteiger charge is 2.24. The fourth-order valence-corrected chi connectivity index (χ4v) is 3.18. The molecule has 124 valence electrons. The van der Waals surface area contributed by atoms with Gasteiger partial charge < -0.3 is 10.0 Å². The van der Waals surface area contributed by atoms with Crippen molar-refractivity contribution in [1.29, 1.82) is 5.26 Å². The first-order valence-electron chi connectivity index (χ1n) is 7.92. The first kappa shape index (κ1) is 16.1. The van der Waals surface area contributed by atoms with Crippen LogP contribution in [0.25, 0.3) is 10.9 Å². The molecule has 0 radical (unpaired) electrons. The number of nitro benzene ring substituents is 1. The summed E-state index contributed by atoms with van der Waals surface area (Å²) >= 11 is 0. The van der Waals surface area contributed by atoms with Crippen LogP contribution in [-0.2, 0) is 0 Å². The maximum atomic E-state index is 10.9. The fourth-order valence-electron chi connectivity index (χ4n) is 3.18. The molecule has 0 amide bonds. The number of non-ortho nitro benzene ring substituents is 1. The number of fused-ring (bicyclic) bond motifs is 1. The van der Waals surface area contributed by atoms with Gasteiger partial charge in [0.05, 0.1) is 28.2 Å². The van der Waals surface area contributed by atoms with Crippen molar-refractivity contribution in [2.75, 3.05) is 18.0 Å². The van der Waals surface area contributed by atoms with E-state index >= 15 is 0 Å². The molecule has 0 aliphatic carbocycles. The van der Waals surface area contributed by atoms with Crippen molar-refractivity contribution in [2.45, 2.75) is 25.9 Å². The van der Waals surface area contributed by atoms with Crippen LogP contribution < -0.4 is 4.90 Å². The van der Waals surface area contributed by atoms with Crippen molar-refractivity contribution in [2.24, 2.45) is 5.92 Å². The van der Waals surface area contributed by atoms with Gasteiger partial charge in [-0.25, -0.2) is 4.98 Å². The van der Waals surface area contributed by atoms with Crippen molar-refractivity contribution in [1.82, 2.24) is 4.98 Å². The van der Waals surface area contributed by atoms with Crippen molar-refractivity contribution in [3.63, 3.8) is 0 Å². The lowest BCUT2D eigenvalue weighted by Crippen LogP contribution is -2.37. The summed E-state index contributed by atoms with van der Waals surface area (Å²) in [7, 11) is 0. The number of anilines is 1. The molecule has 7 heteroatoms. The molecule has 1 aliphatic rings. The topological polar surface area (TPSA) is 103 Å². The Bertz CT molecular complexity index is 820. The second-order valence-electron chi connectivity index (χ2n) is 6.16. The molecular weight excluding hydrogens is 308 g/mol. The molecule has 1 aliphatic heterocycles. The summed E-state index contributed by atoms with van der Waals surface area (Å²) in [6, 6.07) is 8.18. The molecule has 7 nitrogen and oxygen atoms in total. The predicted octanol–water partition coefficient (Wildman–Crippen LogP) is 2.61. The van der Waals surface area contributed by atoms with E-state index in [1.165, 1.54) is 12.1 Å². The number of benzene rings is 1. The summed E-state index contributed by atoms with van der Waals surface area (Å²) in [6.45, 7) is 3.35. The first-order chi connectivity index (χ1) is 11.5. The van der Waals surface area contributed by atoms with Crippen LogP contribution in [0.15, 0.2) is 24.3 Å². The quantitative estimate of drug-likeness (QED) is 0.687. The van der Waals surface area contributed by atoms with Crippen LogP contribution in [0, 0.1) is 27.4 Å². The number of aliphatic hydroxyl groups excluding tert-OH is 1. The van der Waals surface area contributed by atoms with Gasteiger partial charge in [0.25, 0.3) is 5.69 Å². The number of nitrogens with zero attached hydrogens (tertiary/aromatic N) is 4. The highest BCUT2D eigenvalue weighted by molar-refractivity contribution is 5.88. The van der Waals surface area contributed by atoms with E-state index in [1.807, 2.05) is 6.92 Å². The smallest absolute Gasteiger partial charge is 0.270 e. The minimum absolute atomic E-state index is 0.0497. The summed E-state index contributed by atoms with van der Waals surface area (Å²) in [6.07, 6.45) is 1.44. The van der Waals surface area contributed by atoms with Gasteiger partial charge in [-0.1, -0.05) is 0 Å². The van der Waals surface area contributed by atoms with Gasteiger partial charge in [-0.2, -0.15) is 5.26 Å². The summed E-state index contributed by atoms with van der Waals surface area (Å²) in [4.78, 5) is 17.1. The molecular formula is C17H18N4O3. The Morgan fingerprint density at radius 2 is 2.12 bits per heavy atom. The average molecular weight is 326 g/mol. The van der Waals surface area contributed by atoms with Gasteiger partial charge in [0, 0.05) is 30.6 Å². The van der Waals surface area contributed by atoms with E-state index in [2.05, 4.69) is 16.0 Å². The van der Waals surface area contributed by atoms with Gasteiger partial charge in [-0.05, 0) is 37.8 Å². The lowest BCUT2D eigenvalue weighted by molar-refractivity contribution is -0.384. The second kappa shape index (κ2) is 6.42. The summed E-state index contributed by atoms with van der Waals surface area (Å²) in [5.41, 5.74) is 0.912. The van der Waals surface area contributed by atoms with Crippen LogP contribution in [0.1, 0.15) is 25.3 Å². The summed E-state index contributed by atoms with van der Waals surface area (Å²) in [5, 5.41) is 30.5. The van der Waals surface area contributed by atoms with Crippen LogP contribution >= 0.6 is 0 Å². The zero-order valence-corrected chi connectivity index (χ0v) is 13.3. The monoisotopic (exact) mass is 326 g/mol. The van der Waals surface area contributed by atoms with Crippen LogP contribution in [0.3, 0.4) is 0 Å². The van der Waals surface area contributed by atoms with Gasteiger partial charge in [-0.15, -0.1) is 0 Å². The fraction of sp³-hybridized carbons (Fsp3) is 0.412. The number of rotatable bonds is 3. The number of aliphatic hydroxyl groups is 1. The zero-order valence-electron chi connectivity index (χ0n) is 13.3. The maximum absolute atomic E-state index is 10.9. The first-order valence-corrected chi connectivity index (χ1v) is 7.92. The molecule has 2 aromatic rings. The Kier molecular flexibility index (Phi) is 4.32. The third-order valence-corrected chi connectivity index (χ3v) is 4.66. The molecule has 1 unspecified atom stereocenters. The molecule has 1 saturated heterocycles. The SMILES string of the molecule is CC(O)C1CCN(c2cc(C#N)c3cc([N+](=O)[O-])ccc3n2)CC1. The molecule has 2 heterocycles. The number of aromatic nitrogens is 1. The van der Waals surface area contributed by atoms with Crippen LogP contribution in [0.2, 0.25) is 0 Å². The molecule has 3 rings (SSSR count). The lowest BCUT2D eigenvalue weighted by atomic mass is 9.92. The molecule has 0 spiro atoms. The second-order valence-corrected chi connectivity index (χ2v) is 6.16. The highest BCUT2D eigenvalue weighted by atomic mass is 16.6. The third-order valence-electron chi connectivity index (χ3n) is 4.66. The van der Waals surface area contributed by atoms with E-state index in [-0.39, 0.29) is 11.8 Å². The standard InChI is InChI=1S/C17H18N4O3/c1-11(22)12-4-6-20(7-5-12)17-8-13(10-18)15-9-14(21(23)24)2-3-16(15)19-17/h2-3,8-9,11-12,22H,4-7H2,1H3. The molecule has 1 atom stereocenters. The zero-order chi connectivity index (χ0) is 17.3. The van der Waals surface area contributed by atoms with Crippen molar-refractivity contribution in [3.05, 3.63) is 39.9 Å². The largest absolute Gasteiger partial charge is 0.393 e. The third kappa shape index (κ3) is 3.01. The van der Waals surface area contributed by atoms with Crippen LogP contribution in [0.4, 0.5) is 11.5 Å². The molecule has 1 aromatic carbocycles. The Balaban J connectivity index is 1.95. The lowest BCUT2D eigenvalue weighted by Gasteiger charge is -2.34. The Morgan fingerprint density at radius 1 is 1.42 bits per heavy atom. The number of nitriles is 1. The van der Waals surface area contributed by atoms with Gasteiger partial charge >= 0.3 is 0 Å². The number of hydrogen-bond acceptors (Lipinski definition) is 6. The highest BCUT2D eigenvalue weighted by Crippen LogP contribution is 2.29. The predicted molar refractivity (Wildman–Crippen MR) is 89.7 cm³/mol. The minimum Gasteiger partial charge on any atom is -0.393 e. The molecule has 1 N–H and O–H groups in total. The van der Waals surface area contributed by atoms with Crippen LogP contribution in [0.5, 0.6) is 0 Å². The van der Waals surface area contributed by atoms with Gasteiger partial charge in [0.15, 0.2) is 0 Å². The van der Waals surface area contributed by atoms with Gasteiger partial charge in [0.2, 0.25) is 0 Å². The van der Waals surface area contributed by atoms with E-state index < -0.39 is 4.92 Å². The van der Waals surface area contributed by atoms with Gasteiger partial charge in [-0.3, -0.25) is 10.1 Å². The van der Waals surface area contributed by atoms with Crippen molar-refractivity contribution >= 4 is 22.4 Å². The van der Waals surface area contributed by atoms with E-state index in [0.29, 0.717) is 28.2 Å². The number of hydrogen-bond donors (Lipinski definition) is 1. The normalized spacial score (nSPS) is 16.8. The Hall–Kier alpha value is -2.72. The number of piperidine rings is 1. The van der Waals surface area contributed by atoms with Gasteiger partial charge in [0.1, 0.15) is 5.82 Å². The Morgan fingerprint density at radius 3 is 2.71 bits per heavy atom. The number of nitro groups is 1. The van der Waals surface area contributed by atoms with E-state index in [9.17, 15) is 20.5 Å².